The minimum absolute atomic E-state index is 0.00413. The number of carbonyl (C=O) groups excluding carboxylic acids is 2. The van der Waals surface area contributed by atoms with Crippen molar-refractivity contribution in [2.24, 2.45) is 0 Å². The molecule has 2 aromatic rings. The lowest BCUT2D eigenvalue weighted by molar-refractivity contribution is -0.122. The second kappa shape index (κ2) is 9.88. The van der Waals surface area contributed by atoms with Gasteiger partial charge >= 0.3 is 0 Å². The molecule has 1 fully saturated rings. The normalized spacial score (nSPS) is 14.5. The summed E-state index contributed by atoms with van der Waals surface area (Å²) in [7, 11) is 0. The van der Waals surface area contributed by atoms with Crippen LogP contribution in [0.5, 0.6) is 5.75 Å². The summed E-state index contributed by atoms with van der Waals surface area (Å²) in [4.78, 5) is 26.2. The zero-order chi connectivity index (χ0) is 19.8. The number of rotatable bonds is 7. The Morgan fingerprint density at radius 1 is 1.04 bits per heavy atom. The zero-order valence-electron chi connectivity index (χ0n) is 15.8. The second-order valence-electron chi connectivity index (χ2n) is 6.88. The highest BCUT2D eigenvalue weighted by Gasteiger charge is 2.25. The second-order valence-corrected chi connectivity index (χ2v) is 6.88. The standard InChI is InChI=1S/C22H25FN2O3/c23-20-10-5-4-9-19(20)22(27)25-14-12-17(13-15-25)24-21(26)11-6-16-28-18-7-2-1-3-8-18/h1-5,7-10,17H,6,11-16H2,(H,24,26). The third-order valence-corrected chi connectivity index (χ3v) is 4.81. The summed E-state index contributed by atoms with van der Waals surface area (Å²) in [5.41, 5.74) is 0.100. The minimum Gasteiger partial charge on any atom is -0.494 e. The van der Waals surface area contributed by atoms with Crippen LogP contribution in [0.3, 0.4) is 0 Å². The average Bonchev–Trinajstić information content (AvgIpc) is 2.72. The number of benzene rings is 2. The number of nitrogens with one attached hydrogen (secondary N) is 1. The Labute approximate surface area is 164 Å². The molecule has 0 bridgehead atoms. The number of likely N-dealkylation sites (tertiary alicyclic amines) is 1. The van der Waals surface area contributed by atoms with Crippen LogP contribution in [-0.2, 0) is 4.79 Å². The van der Waals surface area contributed by atoms with Crippen LogP contribution < -0.4 is 10.1 Å². The highest BCUT2D eigenvalue weighted by Crippen LogP contribution is 2.16. The van der Waals surface area contributed by atoms with E-state index in [1.54, 1.807) is 17.0 Å². The Balaban J connectivity index is 1.35. The van der Waals surface area contributed by atoms with Gasteiger partial charge in [-0.3, -0.25) is 9.59 Å². The maximum atomic E-state index is 13.8. The summed E-state index contributed by atoms with van der Waals surface area (Å²) in [6.45, 7) is 1.51. The largest absolute Gasteiger partial charge is 0.494 e. The smallest absolute Gasteiger partial charge is 0.256 e. The molecule has 1 aliphatic rings. The number of halogens is 1. The molecule has 0 aliphatic carbocycles. The predicted octanol–water partition coefficient (Wildman–Crippen LogP) is 3.41. The van der Waals surface area contributed by atoms with Crippen molar-refractivity contribution in [3.63, 3.8) is 0 Å². The summed E-state index contributed by atoms with van der Waals surface area (Å²) in [6, 6.07) is 15.6. The van der Waals surface area contributed by atoms with Gasteiger partial charge in [0.2, 0.25) is 5.91 Å². The summed E-state index contributed by atoms with van der Waals surface area (Å²) in [5.74, 6) is 0.00641. The molecule has 1 aliphatic heterocycles. The number of piperidine rings is 1. The van der Waals surface area contributed by atoms with Crippen molar-refractivity contribution < 1.29 is 18.7 Å². The molecule has 6 heteroatoms. The van der Waals surface area contributed by atoms with E-state index in [0.717, 1.165) is 5.75 Å². The molecule has 0 radical (unpaired) electrons. The van der Waals surface area contributed by atoms with Crippen molar-refractivity contribution >= 4 is 11.8 Å². The third kappa shape index (κ3) is 5.55. The van der Waals surface area contributed by atoms with E-state index in [1.807, 2.05) is 30.3 Å². The molecule has 0 saturated carbocycles. The summed E-state index contributed by atoms with van der Waals surface area (Å²) in [6.07, 6.45) is 2.39. The maximum Gasteiger partial charge on any atom is 0.256 e. The predicted molar refractivity (Wildman–Crippen MR) is 105 cm³/mol. The van der Waals surface area contributed by atoms with Gasteiger partial charge in [0.15, 0.2) is 0 Å². The first-order valence-electron chi connectivity index (χ1n) is 9.64. The van der Waals surface area contributed by atoms with Crippen molar-refractivity contribution in [3.05, 3.63) is 66.0 Å². The molecule has 2 aromatic carbocycles. The van der Waals surface area contributed by atoms with Gasteiger partial charge in [0.25, 0.3) is 5.91 Å². The number of ether oxygens (including phenoxy) is 1. The fourth-order valence-corrected chi connectivity index (χ4v) is 3.27. The molecule has 148 valence electrons. The van der Waals surface area contributed by atoms with Crippen LogP contribution in [0.4, 0.5) is 4.39 Å². The molecule has 0 atom stereocenters. The van der Waals surface area contributed by atoms with Gasteiger partial charge in [-0.25, -0.2) is 4.39 Å². The number of carbonyl (C=O) groups is 2. The molecule has 1 N–H and O–H groups in total. The van der Waals surface area contributed by atoms with Crippen LogP contribution in [0.1, 0.15) is 36.0 Å². The van der Waals surface area contributed by atoms with Crippen molar-refractivity contribution in [2.45, 2.75) is 31.7 Å². The van der Waals surface area contributed by atoms with Gasteiger partial charge in [0.05, 0.1) is 12.2 Å². The van der Waals surface area contributed by atoms with Crippen LogP contribution in [0, 0.1) is 5.82 Å². The van der Waals surface area contributed by atoms with Gasteiger partial charge in [-0.1, -0.05) is 30.3 Å². The van der Waals surface area contributed by atoms with Gasteiger partial charge in [-0.2, -0.15) is 0 Å². The zero-order valence-corrected chi connectivity index (χ0v) is 15.8. The lowest BCUT2D eigenvalue weighted by Gasteiger charge is -2.32. The quantitative estimate of drug-likeness (QED) is 0.745. The van der Waals surface area contributed by atoms with Crippen molar-refractivity contribution in [1.82, 2.24) is 10.2 Å². The van der Waals surface area contributed by atoms with E-state index in [2.05, 4.69) is 5.32 Å². The van der Waals surface area contributed by atoms with Gasteiger partial charge in [0, 0.05) is 25.6 Å². The molecule has 1 heterocycles. The molecular weight excluding hydrogens is 359 g/mol. The lowest BCUT2D eigenvalue weighted by atomic mass is 10.0. The first kappa shape index (κ1) is 19.9. The highest BCUT2D eigenvalue weighted by molar-refractivity contribution is 5.94. The van der Waals surface area contributed by atoms with Crippen molar-refractivity contribution in [1.29, 1.82) is 0 Å². The summed E-state index contributed by atoms with van der Waals surface area (Å²) in [5, 5.41) is 3.02. The van der Waals surface area contributed by atoms with Gasteiger partial charge < -0.3 is 15.0 Å². The lowest BCUT2D eigenvalue weighted by Crippen LogP contribution is -2.46. The molecule has 1 saturated heterocycles. The number of hydrogen-bond acceptors (Lipinski definition) is 3. The van der Waals surface area contributed by atoms with E-state index < -0.39 is 5.82 Å². The van der Waals surface area contributed by atoms with Crippen LogP contribution in [0.15, 0.2) is 54.6 Å². The molecule has 5 nitrogen and oxygen atoms in total. The van der Waals surface area contributed by atoms with Gasteiger partial charge in [-0.15, -0.1) is 0 Å². The summed E-state index contributed by atoms with van der Waals surface area (Å²) >= 11 is 0. The van der Waals surface area contributed by atoms with Crippen LogP contribution in [0.25, 0.3) is 0 Å². The highest BCUT2D eigenvalue weighted by atomic mass is 19.1. The number of para-hydroxylation sites is 1. The summed E-state index contributed by atoms with van der Waals surface area (Å²) < 4.78 is 19.4. The average molecular weight is 384 g/mol. The molecule has 0 aromatic heterocycles. The van der Waals surface area contributed by atoms with E-state index in [9.17, 15) is 14.0 Å². The Hall–Kier alpha value is -2.89. The van der Waals surface area contributed by atoms with Gasteiger partial charge in [-0.05, 0) is 43.5 Å². The van der Waals surface area contributed by atoms with Gasteiger partial charge in [0.1, 0.15) is 11.6 Å². The number of amides is 2. The van der Waals surface area contributed by atoms with Crippen LogP contribution in [-0.4, -0.2) is 42.5 Å². The maximum absolute atomic E-state index is 13.8. The SMILES string of the molecule is O=C(CCCOc1ccccc1)NC1CCN(C(=O)c2ccccc2F)CC1. The van der Waals surface area contributed by atoms with Crippen LogP contribution >= 0.6 is 0 Å². The molecule has 3 rings (SSSR count). The molecule has 2 amide bonds. The fourth-order valence-electron chi connectivity index (χ4n) is 3.27. The molecule has 0 spiro atoms. The first-order chi connectivity index (χ1) is 13.6. The van der Waals surface area contributed by atoms with E-state index in [4.69, 9.17) is 4.74 Å². The molecule has 0 unspecified atom stereocenters. The Kier molecular flexibility index (Phi) is 7.00. The van der Waals surface area contributed by atoms with E-state index in [-0.39, 0.29) is 23.4 Å². The van der Waals surface area contributed by atoms with E-state index >= 15 is 0 Å². The van der Waals surface area contributed by atoms with E-state index in [1.165, 1.54) is 12.1 Å². The molecular formula is C22H25FN2O3. The van der Waals surface area contributed by atoms with E-state index in [0.29, 0.717) is 45.4 Å². The fraction of sp³-hybridized carbons (Fsp3) is 0.364. The van der Waals surface area contributed by atoms with Crippen LogP contribution in [0.2, 0.25) is 0 Å². The topological polar surface area (TPSA) is 58.6 Å². The van der Waals surface area contributed by atoms with Crippen molar-refractivity contribution in [2.75, 3.05) is 19.7 Å². The Morgan fingerprint density at radius 2 is 1.71 bits per heavy atom. The van der Waals surface area contributed by atoms with Crippen molar-refractivity contribution in [3.8, 4) is 5.75 Å². The monoisotopic (exact) mass is 384 g/mol. The third-order valence-electron chi connectivity index (χ3n) is 4.81. The minimum atomic E-state index is -0.499. The number of hydrogen-bond donors (Lipinski definition) is 1. The Bertz CT molecular complexity index is 789. The first-order valence-corrected chi connectivity index (χ1v) is 9.64. The number of nitrogens with zero attached hydrogens (tertiary/aromatic N) is 1. The Morgan fingerprint density at radius 3 is 2.43 bits per heavy atom. The molecule has 28 heavy (non-hydrogen) atoms.